The van der Waals surface area contributed by atoms with E-state index in [4.69, 9.17) is 4.74 Å². The zero-order valence-electron chi connectivity index (χ0n) is 12.9. The number of hydrogen-bond donors (Lipinski definition) is 2. The minimum atomic E-state index is -0.0814. The number of thioether (sulfide) groups is 1. The van der Waals surface area contributed by atoms with Gasteiger partial charge in [0, 0.05) is 24.9 Å². The third-order valence-corrected chi connectivity index (χ3v) is 4.73. The monoisotopic (exact) mass is 337 g/mol. The Balaban J connectivity index is 1.79. The smallest absolute Gasteiger partial charge is 0.255 e. The molecular formula is C14H19N5O3S. The molecule has 0 saturated heterocycles. The first-order chi connectivity index (χ1) is 11.2. The van der Waals surface area contributed by atoms with Crippen LogP contribution >= 0.6 is 11.8 Å². The molecule has 8 nitrogen and oxygen atoms in total. The Bertz CT molecular complexity index is 770. The van der Waals surface area contributed by atoms with Gasteiger partial charge in [0.15, 0.2) is 5.16 Å². The van der Waals surface area contributed by atoms with E-state index >= 15 is 0 Å². The number of fused-ring (bicyclic) bond motifs is 3. The maximum absolute atomic E-state index is 12.1. The Morgan fingerprint density at radius 2 is 2.22 bits per heavy atom. The van der Waals surface area contributed by atoms with Crippen LogP contribution in [0.15, 0.2) is 9.95 Å². The molecule has 0 radical (unpaired) electrons. The number of methoxy groups -OCH3 is 1. The zero-order chi connectivity index (χ0) is 16.2. The minimum Gasteiger partial charge on any atom is -0.383 e. The van der Waals surface area contributed by atoms with Gasteiger partial charge in [-0.2, -0.15) is 0 Å². The summed E-state index contributed by atoms with van der Waals surface area (Å²) >= 11 is 1.32. The molecular weight excluding hydrogens is 318 g/mol. The molecule has 0 unspecified atom stereocenters. The van der Waals surface area contributed by atoms with Crippen LogP contribution in [0.4, 0.5) is 0 Å². The molecule has 2 N–H and O–H groups in total. The zero-order valence-corrected chi connectivity index (χ0v) is 13.7. The molecule has 9 heteroatoms. The van der Waals surface area contributed by atoms with Gasteiger partial charge in [-0.1, -0.05) is 11.8 Å². The molecule has 0 aliphatic heterocycles. The summed E-state index contributed by atoms with van der Waals surface area (Å²) < 4.78 is 6.77. The fourth-order valence-corrected chi connectivity index (χ4v) is 3.51. The van der Waals surface area contributed by atoms with Crippen molar-refractivity contribution in [2.75, 3.05) is 26.0 Å². The highest BCUT2D eigenvalue weighted by atomic mass is 32.2. The molecule has 1 amide bonds. The Morgan fingerprint density at radius 1 is 1.39 bits per heavy atom. The van der Waals surface area contributed by atoms with Crippen molar-refractivity contribution in [2.45, 2.75) is 30.8 Å². The first-order valence-electron chi connectivity index (χ1n) is 7.58. The van der Waals surface area contributed by atoms with E-state index in [0.717, 1.165) is 36.9 Å². The lowest BCUT2D eigenvalue weighted by Crippen LogP contribution is -2.28. The summed E-state index contributed by atoms with van der Waals surface area (Å²) in [6.45, 7) is 0.970. The van der Waals surface area contributed by atoms with Crippen LogP contribution in [0, 0.1) is 0 Å². The van der Waals surface area contributed by atoms with Crippen molar-refractivity contribution >= 4 is 23.4 Å². The van der Waals surface area contributed by atoms with E-state index in [1.165, 1.54) is 11.8 Å². The Hall–Kier alpha value is -1.87. The van der Waals surface area contributed by atoms with Gasteiger partial charge in [0.1, 0.15) is 0 Å². The number of aryl methyl sites for hydroxylation is 1. The van der Waals surface area contributed by atoms with Crippen molar-refractivity contribution in [2.24, 2.45) is 0 Å². The third kappa shape index (κ3) is 3.40. The maximum Gasteiger partial charge on any atom is 0.255 e. The van der Waals surface area contributed by atoms with E-state index in [9.17, 15) is 9.59 Å². The van der Waals surface area contributed by atoms with Gasteiger partial charge in [0.05, 0.1) is 12.4 Å². The van der Waals surface area contributed by atoms with Crippen molar-refractivity contribution in [3.05, 3.63) is 21.6 Å². The highest BCUT2D eigenvalue weighted by Crippen LogP contribution is 2.23. The second-order valence-corrected chi connectivity index (χ2v) is 6.30. The predicted molar refractivity (Wildman–Crippen MR) is 85.9 cm³/mol. The molecule has 0 saturated carbocycles. The molecule has 3 rings (SSSR count). The average molecular weight is 337 g/mol. The summed E-state index contributed by atoms with van der Waals surface area (Å²) in [4.78, 5) is 26.6. The van der Waals surface area contributed by atoms with Gasteiger partial charge in [-0.05, 0) is 25.7 Å². The van der Waals surface area contributed by atoms with Gasteiger partial charge in [-0.15, -0.1) is 10.2 Å². The third-order valence-electron chi connectivity index (χ3n) is 3.80. The summed E-state index contributed by atoms with van der Waals surface area (Å²) in [5, 5.41) is 11.5. The Kier molecular flexibility index (Phi) is 4.97. The molecule has 1 aliphatic carbocycles. The number of ether oxygens (including phenoxy) is 1. The summed E-state index contributed by atoms with van der Waals surface area (Å²) in [5.41, 5.74) is 1.71. The molecule has 0 spiro atoms. The minimum absolute atomic E-state index is 0.0755. The van der Waals surface area contributed by atoms with Crippen LogP contribution in [0.25, 0.3) is 5.78 Å². The first kappa shape index (κ1) is 16.0. The fraction of sp³-hybridized carbons (Fsp3) is 0.571. The predicted octanol–water partition coefficient (Wildman–Crippen LogP) is 0.151. The molecule has 0 aromatic carbocycles. The molecule has 1 aliphatic rings. The second-order valence-electron chi connectivity index (χ2n) is 5.36. The number of aromatic nitrogens is 4. The molecule has 124 valence electrons. The number of hydrogen-bond acceptors (Lipinski definition) is 6. The van der Waals surface area contributed by atoms with Crippen molar-refractivity contribution < 1.29 is 9.53 Å². The van der Waals surface area contributed by atoms with E-state index in [1.54, 1.807) is 7.11 Å². The van der Waals surface area contributed by atoms with E-state index in [-0.39, 0.29) is 17.2 Å². The van der Waals surface area contributed by atoms with Crippen LogP contribution in [0.1, 0.15) is 24.1 Å². The van der Waals surface area contributed by atoms with Crippen LogP contribution in [0.2, 0.25) is 0 Å². The van der Waals surface area contributed by atoms with Crippen molar-refractivity contribution in [3.8, 4) is 0 Å². The van der Waals surface area contributed by atoms with Crippen LogP contribution in [0.3, 0.4) is 0 Å². The van der Waals surface area contributed by atoms with Gasteiger partial charge < -0.3 is 10.1 Å². The lowest BCUT2D eigenvalue weighted by Gasteiger charge is -2.16. The number of amides is 1. The number of aromatic amines is 1. The highest BCUT2D eigenvalue weighted by Gasteiger charge is 2.20. The standard InChI is InChI=1S/C14H19N5O3S/c1-22-7-6-15-11(20)8-23-14-18-17-13-16-12(21)9-4-2-3-5-10(9)19(13)14/h2-8H2,1H3,(H,15,20)(H,16,17,21). The van der Waals surface area contributed by atoms with Crippen LogP contribution in [-0.2, 0) is 22.4 Å². The van der Waals surface area contributed by atoms with E-state index < -0.39 is 0 Å². The first-order valence-corrected chi connectivity index (χ1v) is 8.57. The quantitative estimate of drug-likeness (QED) is 0.575. The average Bonchev–Trinajstić information content (AvgIpc) is 2.96. The number of carbonyl (C=O) groups excluding carboxylic acids is 1. The molecule has 2 aromatic rings. The molecule has 2 heterocycles. The van der Waals surface area contributed by atoms with Gasteiger partial charge in [-0.25, -0.2) is 0 Å². The van der Waals surface area contributed by atoms with E-state index in [1.807, 2.05) is 4.40 Å². The number of carbonyl (C=O) groups is 1. The van der Waals surface area contributed by atoms with Crippen molar-refractivity contribution in [1.82, 2.24) is 24.9 Å². The van der Waals surface area contributed by atoms with Crippen molar-refractivity contribution in [3.63, 3.8) is 0 Å². The fourth-order valence-electron chi connectivity index (χ4n) is 2.72. The normalized spacial score (nSPS) is 14.0. The summed E-state index contributed by atoms with van der Waals surface area (Å²) in [6, 6.07) is 0. The lowest BCUT2D eigenvalue weighted by molar-refractivity contribution is -0.118. The SMILES string of the molecule is COCCNC(=O)CSc1nnc2[nH]c(=O)c3c(n12)CCCC3. The van der Waals surface area contributed by atoms with Gasteiger partial charge in [-0.3, -0.25) is 19.0 Å². The molecule has 0 fully saturated rings. The second kappa shape index (κ2) is 7.14. The maximum atomic E-state index is 12.1. The summed E-state index contributed by atoms with van der Waals surface area (Å²) in [7, 11) is 1.59. The van der Waals surface area contributed by atoms with E-state index in [0.29, 0.717) is 24.1 Å². The molecule has 0 bridgehead atoms. The van der Waals surface area contributed by atoms with E-state index in [2.05, 4.69) is 20.5 Å². The van der Waals surface area contributed by atoms with Gasteiger partial charge in [0.2, 0.25) is 11.7 Å². The topological polar surface area (TPSA) is 101 Å². The van der Waals surface area contributed by atoms with Crippen LogP contribution in [-0.4, -0.2) is 51.5 Å². The van der Waals surface area contributed by atoms with Crippen LogP contribution < -0.4 is 10.9 Å². The van der Waals surface area contributed by atoms with Crippen LogP contribution in [0.5, 0.6) is 0 Å². The number of nitrogens with one attached hydrogen (secondary N) is 2. The largest absolute Gasteiger partial charge is 0.383 e. The molecule has 23 heavy (non-hydrogen) atoms. The highest BCUT2D eigenvalue weighted by molar-refractivity contribution is 7.99. The number of rotatable bonds is 6. The number of H-pyrrole nitrogens is 1. The van der Waals surface area contributed by atoms with Gasteiger partial charge in [0.25, 0.3) is 5.56 Å². The Morgan fingerprint density at radius 3 is 3.04 bits per heavy atom. The molecule has 2 aromatic heterocycles. The van der Waals surface area contributed by atoms with Gasteiger partial charge >= 0.3 is 0 Å². The summed E-state index contributed by atoms with van der Waals surface area (Å²) in [6.07, 6.45) is 3.68. The number of nitrogens with zero attached hydrogens (tertiary/aromatic N) is 3. The lowest BCUT2D eigenvalue weighted by atomic mass is 9.97. The van der Waals surface area contributed by atoms with Crippen molar-refractivity contribution in [1.29, 1.82) is 0 Å². The summed E-state index contributed by atoms with van der Waals surface area (Å²) in [5.74, 6) is 0.610. The molecule has 0 atom stereocenters. The Labute approximate surface area is 137 Å².